The molecule has 3 rings (SSSR count). The first-order valence-corrected chi connectivity index (χ1v) is 8.78. The van der Waals surface area contributed by atoms with Crippen LogP contribution in [0.15, 0.2) is 64.7 Å². The fourth-order valence-electron chi connectivity index (χ4n) is 2.32. The summed E-state index contributed by atoms with van der Waals surface area (Å²) in [5, 5.41) is 4.86. The van der Waals surface area contributed by atoms with Gasteiger partial charge in [-0.15, -0.1) is 0 Å². The summed E-state index contributed by atoms with van der Waals surface area (Å²) >= 11 is 0. The lowest BCUT2D eigenvalue weighted by Crippen LogP contribution is -2.18. The van der Waals surface area contributed by atoms with Crippen molar-refractivity contribution in [2.24, 2.45) is 5.10 Å². The van der Waals surface area contributed by atoms with Crippen LogP contribution in [-0.4, -0.2) is 19.6 Å². The lowest BCUT2D eigenvalue weighted by atomic mass is 10.2. The largest absolute Gasteiger partial charge is 0.361 e. The van der Waals surface area contributed by atoms with E-state index in [0.717, 1.165) is 28.5 Å². The number of H-pyrrole nitrogens is 1. The molecule has 23 heavy (non-hydrogen) atoms. The Balaban J connectivity index is 1.78. The van der Waals surface area contributed by atoms with Crippen molar-refractivity contribution in [3.8, 4) is 0 Å². The Morgan fingerprint density at radius 2 is 1.87 bits per heavy atom. The van der Waals surface area contributed by atoms with Crippen molar-refractivity contribution in [2.75, 3.05) is 0 Å². The molecule has 0 aliphatic heterocycles. The number of nitrogens with zero attached hydrogens (tertiary/aromatic N) is 1. The summed E-state index contributed by atoms with van der Waals surface area (Å²) in [5.41, 5.74) is 2.89. The van der Waals surface area contributed by atoms with Crippen LogP contribution in [0.4, 0.5) is 0 Å². The van der Waals surface area contributed by atoms with E-state index in [1.807, 2.05) is 31.2 Å². The molecule has 118 valence electrons. The molecule has 5 nitrogen and oxygen atoms in total. The van der Waals surface area contributed by atoms with E-state index in [2.05, 4.69) is 14.9 Å². The molecule has 2 aromatic carbocycles. The summed E-state index contributed by atoms with van der Waals surface area (Å²) < 4.78 is 24.4. The zero-order chi connectivity index (χ0) is 16.3. The van der Waals surface area contributed by atoms with Crippen LogP contribution >= 0.6 is 0 Å². The normalized spacial score (nSPS) is 12.0. The molecular formula is C17H17N3O2S. The number of nitrogens with one attached hydrogen (secondary N) is 2. The van der Waals surface area contributed by atoms with Gasteiger partial charge in [0.1, 0.15) is 0 Å². The molecule has 1 heterocycles. The van der Waals surface area contributed by atoms with E-state index >= 15 is 0 Å². The van der Waals surface area contributed by atoms with Gasteiger partial charge in [-0.25, -0.2) is 4.83 Å². The summed E-state index contributed by atoms with van der Waals surface area (Å²) in [6.45, 7) is 2.02. The van der Waals surface area contributed by atoms with Crippen molar-refractivity contribution >= 4 is 27.1 Å². The predicted molar refractivity (Wildman–Crippen MR) is 92.0 cm³/mol. The molecule has 0 saturated heterocycles. The smallest absolute Gasteiger partial charge is 0.276 e. The van der Waals surface area contributed by atoms with Crippen molar-refractivity contribution in [3.63, 3.8) is 0 Å². The van der Waals surface area contributed by atoms with Crippen LogP contribution in [0.5, 0.6) is 0 Å². The highest BCUT2D eigenvalue weighted by Crippen LogP contribution is 2.16. The molecule has 6 heteroatoms. The van der Waals surface area contributed by atoms with Crippen LogP contribution < -0.4 is 4.83 Å². The minimum Gasteiger partial charge on any atom is -0.361 e. The standard InChI is InChI=1S/C17H17N3O2S/c1-2-13-7-9-15(10-8-13)23(21,22)20-19-12-14-11-18-17-6-4-3-5-16(14)17/h3-12,18,20H,2H2,1H3/b19-12-. The number of sulfonamides is 1. The molecule has 0 fully saturated rings. The van der Waals surface area contributed by atoms with Crippen LogP contribution in [0.25, 0.3) is 10.9 Å². The van der Waals surface area contributed by atoms with Crippen LogP contribution in [0.2, 0.25) is 0 Å². The Hall–Kier alpha value is -2.60. The Morgan fingerprint density at radius 1 is 1.13 bits per heavy atom. The Labute approximate surface area is 135 Å². The molecule has 0 amide bonds. The van der Waals surface area contributed by atoms with Gasteiger partial charge in [-0.3, -0.25) is 0 Å². The minimum atomic E-state index is -3.65. The van der Waals surface area contributed by atoms with E-state index in [1.165, 1.54) is 6.21 Å². The molecule has 0 atom stereocenters. The van der Waals surface area contributed by atoms with Crippen LogP contribution in [-0.2, 0) is 16.4 Å². The number of hydrazone groups is 1. The monoisotopic (exact) mass is 327 g/mol. The summed E-state index contributed by atoms with van der Waals surface area (Å²) in [7, 11) is -3.65. The molecular weight excluding hydrogens is 310 g/mol. The molecule has 0 radical (unpaired) electrons. The highest BCUT2D eigenvalue weighted by molar-refractivity contribution is 7.89. The molecule has 2 N–H and O–H groups in total. The molecule has 0 unspecified atom stereocenters. The SMILES string of the molecule is CCc1ccc(S(=O)(=O)N/N=C\c2c[nH]c3ccccc23)cc1. The van der Waals surface area contributed by atoms with Gasteiger partial charge in [0.15, 0.2) is 0 Å². The predicted octanol–water partition coefficient (Wildman–Crippen LogP) is 3.04. The maximum atomic E-state index is 12.2. The lowest BCUT2D eigenvalue weighted by molar-refractivity contribution is 0.584. The molecule has 3 aromatic rings. The Morgan fingerprint density at radius 3 is 2.61 bits per heavy atom. The number of hydrogen-bond donors (Lipinski definition) is 2. The fraction of sp³-hybridized carbons (Fsp3) is 0.118. The van der Waals surface area contributed by atoms with Crippen molar-refractivity contribution in [1.29, 1.82) is 0 Å². The van der Waals surface area contributed by atoms with Crippen LogP contribution in [0.3, 0.4) is 0 Å². The third-order valence-corrected chi connectivity index (χ3v) is 4.88. The van der Waals surface area contributed by atoms with E-state index in [1.54, 1.807) is 30.5 Å². The molecule has 0 saturated carbocycles. The number of fused-ring (bicyclic) bond motifs is 1. The second-order valence-corrected chi connectivity index (χ2v) is 6.80. The van der Waals surface area contributed by atoms with Gasteiger partial charge in [-0.1, -0.05) is 37.3 Å². The number of para-hydroxylation sites is 1. The summed E-state index contributed by atoms with van der Waals surface area (Å²) in [6.07, 6.45) is 4.15. The Bertz CT molecular complexity index is 941. The maximum Gasteiger partial charge on any atom is 0.276 e. The fourth-order valence-corrected chi connectivity index (χ4v) is 3.11. The topological polar surface area (TPSA) is 74.3 Å². The first-order valence-electron chi connectivity index (χ1n) is 7.30. The summed E-state index contributed by atoms with van der Waals surface area (Å²) in [6, 6.07) is 14.5. The molecule has 0 bridgehead atoms. The zero-order valence-electron chi connectivity index (χ0n) is 12.7. The minimum absolute atomic E-state index is 0.200. The Kier molecular flexibility index (Phi) is 4.16. The van der Waals surface area contributed by atoms with E-state index in [-0.39, 0.29) is 4.90 Å². The van der Waals surface area contributed by atoms with Crippen molar-refractivity contribution in [1.82, 2.24) is 9.82 Å². The van der Waals surface area contributed by atoms with E-state index < -0.39 is 10.0 Å². The highest BCUT2D eigenvalue weighted by atomic mass is 32.2. The van der Waals surface area contributed by atoms with Crippen molar-refractivity contribution in [3.05, 3.63) is 65.9 Å². The second-order valence-electron chi connectivity index (χ2n) is 5.14. The third-order valence-electron chi connectivity index (χ3n) is 3.64. The number of aryl methyl sites for hydroxylation is 1. The molecule has 0 aliphatic carbocycles. The van der Waals surface area contributed by atoms with Gasteiger partial charge in [0.05, 0.1) is 11.1 Å². The number of hydrogen-bond acceptors (Lipinski definition) is 3. The van der Waals surface area contributed by atoms with Gasteiger partial charge in [0.2, 0.25) is 0 Å². The summed E-state index contributed by atoms with van der Waals surface area (Å²) in [4.78, 5) is 5.55. The van der Waals surface area contributed by atoms with Crippen LogP contribution in [0.1, 0.15) is 18.1 Å². The number of aromatic amines is 1. The third kappa shape index (κ3) is 3.27. The second kappa shape index (κ2) is 6.26. The first-order chi connectivity index (χ1) is 11.1. The molecule has 1 aromatic heterocycles. The number of rotatable bonds is 5. The van der Waals surface area contributed by atoms with Gasteiger partial charge in [-0.05, 0) is 30.2 Å². The maximum absolute atomic E-state index is 12.2. The van der Waals surface area contributed by atoms with Gasteiger partial charge in [0.25, 0.3) is 10.0 Å². The van der Waals surface area contributed by atoms with Crippen LogP contribution in [0, 0.1) is 0 Å². The zero-order valence-corrected chi connectivity index (χ0v) is 13.5. The average molecular weight is 327 g/mol. The van der Waals surface area contributed by atoms with Crippen molar-refractivity contribution < 1.29 is 8.42 Å². The van der Waals surface area contributed by atoms with Gasteiger partial charge in [-0.2, -0.15) is 13.5 Å². The van der Waals surface area contributed by atoms with E-state index in [4.69, 9.17) is 0 Å². The van der Waals surface area contributed by atoms with Gasteiger partial charge < -0.3 is 4.98 Å². The number of aromatic nitrogens is 1. The highest BCUT2D eigenvalue weighted by Gasteiger charge is 2.12. The number of benzene rings is 2. The lowest BCUT2D eigenvalue weighted by Gasteiger charge is -2.04. The van der Waals surface area contributed by atoms with Gasteiger partial charge in [0, 0.05) is 22.7 Å². The molecule has 0 aliphatic rings. The molecule has 0 spiro atoms. The van der Waals surface area contributed by atoms with E-state index in [9.17, 15) is 8.42 Å². The van der Waals surface area contributed by atoms with Gasteiger partial charge >= 0.3 is 0 Å². The average Bonchev–Trinajstić information content (AvgIpc) is 2.98. The summed E-state index contributed by atoms with van der Waals surface area (Å²) in [5.74, 6) is 0. The first kappa shape index (κ1) is 15.3. The quantitative estimate of drug-likeness (QED) is 0.558. The van der Waals surface area contributed by atoms with Crippen molar-refractivity contribution in [2.45, 2.75) is 18.2 Å². The van der Waals surface area contributed by atoms with E-state index in [0.29, 0.717) is 0 Å².